The van der Waals surface area contributed by atoms with Crippen LogP contribution in [0, 0.1) is 11.3 Å². The molecule has 0 aliphatic heterocycles. The van der Waals surface area contributed by atoms with Gasteiger partial charge in [0.2, 0.25) is 10.9 Å². The molecule has 0 bridgehead atoms. The molecule has 0 aromatic carbocycles. The summed E-state index contributed by atoms with van der Waals surface area (Å²) in [6.45, 7) is 0. The first-order valence-corrected chi connectivity index (χ1v) is 4.52. The fraction of sp³-hybridized carbons (Fsp3) is 0.167. The Morgan fingerprint density at radius 3 is 2.67 bits per heavy atom. The lowest BCUT2D eigenvalue weighted by Crippen LogP contribution is -2.17. The van der Waals surface area contributed by atoms with Gasteiger partial charge in [-0.2, -0.15) is 5.26 Å². The number of hydrogen-bond acceptors (Lipinski definition) is 4. The largest absolute Gasteiger partial charge is 0.433 e. The molecular weight excluding hydrogens is 180 g/mol. The zero-order valence-electron chi connectivity index (χ0n) is 6.23. The minimum atomic E-state index is -3.56. The van der Waals surface area contributed by atoms with Gasteiger partial charge in [0.05, 0.1) is 0 Å². The van der Waals surface area contributed by atoms with E-state index < -0.39 is 10.0 Å². The van der Waals surface area contributed by atoms with Gasteiger partial charge in [-0.25, -0.2) is 13.1 Å². The van der Waals surface area contributed by atoms with E-state index in [1.54, 1.807) is 6.07 Å². The Hall–Kier alpha value is -1.32. The van der Waals surface area contributed by atoms with Gasteiger partial charge in [0, 0.05) is 0 Å². The first-order chi connectivity index (χ1) is 5.60. The fourth-order valence-corrected chi connectivity index (χ4v) is 1.27. The zero-order chi connectivity index (χ0) is 9.19. The van der Waals surface area contributed by atoms with Gasteiger partial charge in [0.1, 0.15) is 6.07 Å². The second-order valence-electron chi connectivity index (χ2n) is 1.94. The molecule has 1 aromatic heterocycles. The van der Waals surface area contributed by atoms with Crippen molar-refractivity contribution in [3.63, 3.8) is 0 Å². The van der Waals surface area contributed by atoms with Crippen molar-refractivity contribution in [2.24, 2.45) is 0 Å². The maximum Gasteiger partial charge on any atom is 0.273 e. The van der Waals surface area contributed by atoms with Gasteiger partial charge < -0.3 is 4.42 Å². The molecule has 1 heterocycles. The van der Waals surface area contributed by atoms with Crippen molar-refractivity contribution in [3.05, 3.63) is 17.9 Å². The number of hydrogen-bond donors (Lipinski definition) is 1. The van der Waals surface area contributed by atoms with E-state index in [9.17, 15) is 8.42 Å². The molecule has 0 unspecified atom stereocenters. The summed E-state index contributed by atoms with van der Waals surface area (Å²) >= 11 is 0. The molecule has 1 N–H and O–H groups in total. The van der Waals surface area contributed by atoms with Crippen molar-refractivity contribution in [3.8, 4) is 6.07 Å². The highest BCUT2D eigenvalue weighted by atomic mass is 32.2. The highest BCUT2D eigenvalue weighted by Crippen LogP contribution is 2.11. The van der Waals surface area contributed by atoms with E-state index in [2.05, 4.69) is 9.14 Å². The van der Waals surface area contributed by atoms with Gasteiger partial charge in [-0.3, -0.25) is 0 Å². The lowest BCUT2D eigenvalue weighted by Gasteiger charge is -1.94. The van der Waals surface area contributed by atoms with E-state index in [1.165, 1.54) is 19.2 Å². The summed E-state index contributed by atoms with van der Waals surface area (Å²) < 4.78 is 28.8. The predicted octanol–water partition coefficient (Wildman–Crippen LogP) is 0.0594. The molecule has 0 aliphatic carbocycles. The standard InChI is InChI=1S/C6H6N2O3S/c1-8-12(9,10)6-3-2-5(4-7)11-6/h2-3,8H,1H3. The van der Waals surface area contributed by atoms with Crippen LogP contribution in [0.2, 0.25) is 0 Å². The molecule has 0 aliphatic rings. The fourth-order valence-electron chi connectivity index (χ4n) is 0.625. The van der Waals surface area contributed by atoms with Crippen LogP contribution < -0.4 is 4.72 Å². The first-order valence-electron chi connectivity index (χ1n) is 3.03. The summed E-state index contributed by atoms with van der Waals surface area (Å²) in [6, 6.07) is 4.21. The third-order valence-electron chi connectivity index (χ3n) is 1.23. The highest BCUT2D eigenvalue weighted by Gasteiger charge is 2.15. The van der Waals surface area contributed by atoms with Crippen molar-refractivity contribution in [1.82, 2.24) is 4.72 Å². The molecule has 1 aromatic rings. The summed E-state index contributed by atoms with van der Waals surface area (Å²) in [5, 5.41) is 8.08. The molecule has 12 heavy (non-hydrogen) atoms. The summed E-state index contributed by atoms with van der Waals surface area (Å²) in [7, 11) is -2.29. The van der Waals surface area contributed by atoms with Gasteiger partial charge >= 0.3 is 0 Å². The third kappa shape index (κ3) is 1.47. The molecule has 0 atom stereocenters. The quantitative estimate of drug-likeness (QED) is 0.707. The second-order valence-corrected chi connectivity index (χ2v) is 3.76. The van der Waals surface area contributed by atoms with E-state index >= 15 is 0 Å². The molecule has 1 rings (SSSR count). The first kappa shape index (κ1) is 8.77. The number of furan rings is 1. The number of nitrogens with one attached hydrogen (secondary N) is 1. The van der Waals surface area contributed by atoms with Crippen molar-refractivity contribution in [2.75, 3.05) is 7.05 Å². The van der Waals surface area contributed by atoms with Crippen LogP contribution in [0.5, 0.6) is 0 Å². The molecule has 0 saturated carbocycles. The summed E-state index contributed by atoms with van der Waals surface area (Å²) in [6.07, 6.45) is 0. The van der Waals surface area contributed by atoms with Crippen molar-refractivity contribution < 1.29 is 12.8 Å². The monoisotopic (exact) mass is 186 g/mol. The average Bonchev–Trinajstić information content (AvgIpc) is 2.52. The van der Waals surface area contributed by atoms with E-state index in [1.807, 2.05) is 0 Å². The molecule has 0 amide bonds. The zero-order valence-corrected chi connectivity index (χ0v) is 7.05. The normalized spacial score (nSPS) is 11.0. The Morgan fingerprint density at radius 2 is 2.25 bits per heavy atom. The minimum absolute atomic E-state index is 0.0242. The molecule has 0 radical (unpaired) electrons. The van der Waals surface area contributed by atoms with Gasteiger partial charge in [-0.05, 0) is 19.2 Å². The van der Waals surface area contributed by atoms with Gasteiger partial charge in [0.25, 0.3) is 10.0 Å². The van der Waals surface area contributed by atoms with E-state index in [0.29, 0.717) is 0 Å². The molecule has 5 nitrogen and oxygen atoms in total. The van der Waals surface area contributed by atoms with Crippen molar-refractivity contribution in [2.45, 2.75) is 5.09 Å². The number of sulfonamides is 1. The highest BCUT2D eigenvalue weighted by molar-refractivity contribution is 7.89. The Morgan fingerprint density at radius 1 is 1.58 bits per heavy atom. The number of nitrogens with zero attached hydrogens (tertiary/aromatic N) is 1. The number of nitriles is 1. The predicted molar refractivity (Wildman–Crippen MR) is 39.7 cm³/mol. The van der Waals surface area contributed by atoms with Gasteiger partial charge in [-0.1, -0.05) is 0 Å². The molecule has 0 spiro atoms. The Labute approximate surface area is 69.7 Å². The topological polar surface area (TPSA) is 83.1 Å². The van der Waals surface area contributed by atoms with Crippen LogP contribution in [-0.2, 0) is 10.0 Å². The smallest absolute Gasteiger partial charge is 0.273 e. The SMILES string of the molecule is CNS(=O)(=O)c1ccc(C#N)o1. The summed E-state index contributed by atoms with van der Waals surface area (Å²) in [5.74, 6) is -0.0242. The molecule has 6 heteroatoms. The van der Waals surface area contributed by atoms with Crippen LogP contribution in [0.1, 0.15) is 5.76 Å². The van der Waals surface area contributed by atoms with Crippen molar-refractivity contribution in [1.29, 1.82) is 5.26 Å². The lowest BCUT2D eigenvalue weighted by atomic mass is 10.5. The molecule has 0 saturated heterocycles. The Bertz CT molecular complexity index is 412. The molecular formula is C6H6N2O3S. The maximum absolute atomic E-state index is 11.0. The number of rotatable bonds is 2. The van der Waals surface area contributed by atoms with Crippen LogP contribution in [0.25, 0.3) is 0 Å². The van der Waals surface area contributed by atoms with E-state index in [0.717, 1.165) is 0 Å². The summed E-state index contributed by atoms with van der Waals surface area (Å²) in [5.41, 5.74) is 0. The van der Waals surface area contributed by atoms with Crippen LogP contribution in [0.3, 0.4) is 0 Å². The maximum atomic E-state index is 11.0. The van der Waals surface area contributed by atoms with Crippen LogP contribution in [-0.4, -0.2) is 15.5 Å². The minimum Gasteiger partial charge on any atom is -0.433 e. The van der Waals surface area contributed by atoms with E-state index in [-0.39, 0.29) is 10.9 Å². The molecule has 0 fully saturated rings. The van der Waals surface area contributed by atoms with Crippen molar-refractivity contribution >= 4 is 10.0 Å². The second kappa shape index (κ2) is 2.97. The summed E-state index contributed by atoms with van der Waals surface area (Å²) in [4.78, 5) is 0. The van der Waals surface area contributed by atoms with Gasteiger partial charge in [-0.15, -0.1) is 0 Å². The van der Waals surface area contributed by atoms with Gasteiger partial charge in [0.15, 0.2) is 0 Å². The van der Waals surface area contributed by atoms with Crippen LogP contribution in [0.15, 0.2) is 21.6 Å². The van der Waals surface area contributed by atoms with Crippen LogP contribution in [0.4, 0.5) is 0 Å². The van der Waals surface area contributed by atoms with E-state index in [4.69, 9.17) is 5.26 Å². The molecule has 64 valence electrons. The Balaban J connectivity index is 3.16. The lowest BCUT2D eigenvalue weighted by molar-refractivity contribution is 0.438. The Kier molecular flexibility index (Phi) is 2.17. The third-order valence-corrected chi connectivity index (χ3v) is 2.51. The average molecular weight is 186 g/mol. The van der Waals surface area contributed by atoms with Crippen LogP contribution >= 0.6 is 0 Å².